The first-order valence-electron chi connectivity index (χ1n) is 8.59. The Morgan fingerprint density at radius 1 is 1.56 bits per heavy atom. The Bertz CT molecular complexity index is 731. The monoisotopic (exact) mass is 360 g/mol. The quantitative estimate of drug-likeness (QED) is 0.825. The lowest BCUT2D eigenvalue weighted by atomic mass is 9.92. The minimum Gasteiger partial charge on any atom is -0.361 e. The molecule has 0 spiro atoms. The van der Waals surface area contributed by atoms with Crippen LogP contribution >= 0.6 is 11.8 Å². The molecule has 1 amide bonds. The number of piperidine rings is 1. The van der Waals surface area contributed by atoms with Crippen LogP contribution in [0.5, 0.6) is 0 Å². The normalized spacial score (nSPS) is 19.0. The molecule has 1 saturated heterocycles. The van der Waals surface area contributed by atoms with Gasteiger partial charge in [0, 0.05) is 37.1 Å². The van der Waals surface area contributed by atoms with E-state index in [2.05, 4.69) is 10.1 Å². The molecule has 7 heteroatoms. The van der Waals surface area contributed by atoms with Gasteiger partial charge in [0.25, 0.3) is 5.91 Å². The topological polar surface area (TPSA) is 85.2 Å². The lowest BCUT2D eigenvalue weighted by Gasteiger charge is -2.34. The van der Waals surface area contributed by atoms with Gasteiger partial charge in [0.1, 0.15) is 10.8 Å². The summed E-state index contributed by atoms with van der Waals surface area (Å²) >= 11 is 1.51. The fourth-order valence-electron chi connectivity index (χ4n) is 3.09. The first-order chi connectivity index (χ1) is 12.0. The minimum absolute atomic E-state index is 0.0392. The van der Waals surface area contributed by atoms with E-state index in [0.717, 1.165) is 42.4 Å². The first kappa shape index (κ1) is 17.9. The van der Waals surface area contributed by atoms with E-state index in [-0.39, 0.29) is 11.9 Å². The summed E-state index contributed by atoms with van der Waals surface area (Å²) in [7, 11) is 0. The summed E-state index contributed by atoms with van der Waals surface area (Å²) in [4.78, 5) is 19.3. The second kappa shape index (κ2) is 8.01. The number of thioether (sulfide) groups is 1. The van der Waals surface area contributed by atoms with Crippen LogP contribution in [0.1, 0.15) is 41.6 Å². The molecule has 25 heavy (non-hydrogen) atoms. The number of amides is 1. The number of nitrogens with zero attached hydrogens (tertiary/aromatic N) is 3. The number of nitrogens with two attached hydrogens (primary N) is 1. The lowest BCUT2D eigenvalue weighted by molar-refractivity contribution is 0.0656. The summed E-state index contributed by atoms with van der Waals surface area (Å²) in [5.74, 6) is 1.81. The molecule has 3 heterocycles. The molecule has 0 bridgehead atoms. The van der Waals surface area contributed by atoms with Crippen molar-refractivity contribution in [3.8, 4) is 0 Å². The zero-order valence-electron chi connectivity index (χ0n) is 14.6. The molecule has 1 aliphatic heterocycles. The van der Waals surface area contributed by atoms with Crippen molar-refractivity contribution >= 4 is 17.7 Å². The van der Waals surface area contributed by atoms with Crippen molar-refractivity contribution in [1.82, 2.24) is 15.0 Å². The third-order valence-corrected chi connectivity index (χ3v) is 5.56. The number of likely N-dealkylation sites (tertiary alicyclic amines) is 1. The maximum Gasteiger partial charge on any atom is 0.256 e. The molecular weight excluding hydrogens is 336 g/mol. The van der Waals surface area contributed by atoms with Crippen LogP contribution in [-0.2, 0) is 5.75 Å². The van der Waals surface area contributed by atoms with Crippen LogP contribution in [0.25, 0.3) is 0 Å². The molecule has 0 saturated carbocycles. The van der Waals surface area contributed by atoms with Crippen molar-refractivity contribution in [2.45, 2.75) is 43.5 Å². The van der Waals surface area contributed by atoms with Gasteiger partial charge in [0.15, 0.2) is 0 Å². The zero-order chi connectivity index (χ0) is 17.8. The predicted octanol–water partition coefficient (Wildman–Crippen LogP) is 2.87. The van der Waals surface area contributed by atoms with E-state index >= 15 is 0 Å². The molecule has 0 aromatic carbocycles. The van der Waals surface area contributed by atoms with Gasteiger partial charge in [-0.3, -0.25) is 4.79 Å². The van der Waals surface area contributed by atoms with Crippen LogP contribution < -0.4 is 5.73 Å². The number of pyridine rings is 1. The largest absolute Gasteiger partial charge is 0.361 e. The summed E-state index contributed by atoms with van der Waals surface area (Å²) in [6.07, 6.45) is 3.80. The standard InChI is InChI=1S/C18H24N4O2S/c1-12-9-15(21-24-12)11-25-17-16(6-3-7-20-17)18(23)22-8-4-5-14(10-22)13(2)19/h3,6-7,9,13-14H,4-5,8,10-11,19H2,1-2H3. The van der Waals surface area contributed by atoms with Crippen molar-refractivity contribution in [1.29, 1.82) is 0 Å². The van der Waals surface area contributed by atoms with Gasteiger partial charge in [0.05, 0.1) is 11.3 Å². The fraction of sp³-hybridized carbons (Fsp3) is 0.500. The van der Waals surface area contributed by atoms with Crippen molar-refractivity contribution < 1.29 is 9.32 Å². The Morgan fingerprint density at radius 3 is 3.12 bits per heavy atom. The summed E-state index contributed by atoms with van der Waals surface area (Å²) in [6.45, 7) is 5.38. The van der Waals surface area contributed by atoms with Crippen LogP contribution in [-0.4, -0.2) is 40.1 Å². The number of rotatable bonds is 5. The van der Waals surface area contributed by atoms with Gasteiger partial charge in [-0.15, -0.1) is 0 Å². The molecule has 1 fully saturated rings. The van der Waals surface area contributed by atoms with Gasteiger partial charge in [-0.1, -0.05) is 16.9 Å². The lowest BCUT2D eigenvalue weighted by Crippen LogP contribution is -2.45. The highest BCUT2D eigenvalue weighted by Crippen LogP contribution is 2.27. The first-order valence-corrected chi connectivity index (χ1v) is 9.58. The zero-order valence-corrected chi connectivity index (χ0v) is 15.5. The third-order valence-electron chi connectivity index (χ3n) is 4.52. The van der Waals surface area contributed by atoms with Crippen LogP contribution in [0, 0.1) is 12.8 Å². The number of carbonyl (C=O) groups excluding carboxylic acids is 1. The highest BCUT2D eigenvalue weighted by molar-refractivity contribution is 7.98. The molecule has 3 rings (SSSR count). The highest BCUT2D eigenvalue weighted by atomic mass is 32.2. The van der Waals surface area contributed by atoms with Crippen LogP contribution in [0.3, 0.4) is 0 Å². The predicted molar refractivity (Wildman–Crippen MR) is 97.3 cm³/mol. The molecule has 134 valence electrons. The van der Waals surface area contributed by atoms with Gasteiger partial charge >= 0.3 is 0 Å². The highest BCUT2D eigenvalue weighted by Gasteiger charge is 2.27. The molecular formula is C18H24N4O2S. The van der Waals surface area contributed by atoms with E-state index < -0.39 is 0 Å². The van der Waals surface area contributed by atoms with E-state index in [1.165, 1.54) is 11.8 Å². The van der Waals surface area contributed by atoms with Gasteiger partial charge in [-0.25, -0.2) is 4.98 Å². The van der Waals surface area contributed by atoms with E-state index in [1.54, 1.807) is 6.20 Å². The van der Waals surface area contributed by atoms with Crippen molar-refractivity contribution in [2.24, 2.45) is 11.7 Å². The number of aromatic nitrogens is 2. The minimum atomic E-state index is 0.0392. The summed E-state index contributed by atoms with van der Waals surface area (Å²) in [6, 6.07) is 5.66. The Balaban J connectivity index is 1.72. The van der Waals surface area contributed by atoms with E-state index in [4.69, 9.17) is 10.3 Å². The van der Waals surface area contributed by atoms with Gasteiger partial charge in [-0.05, 0) is 44.7 Å². The smallest absolute Gasteiger partial charge is 0.256 e. The number of carbonyl (C=O) groups is 1. The van der Waals surface area contributed by atoms with Crippen molar-refractivity contribution in [2.75, 3.05) is 13.1 Å². The Labute approximate surface area is 152 Å². The summed E-state index contributed by atoms with van der Waals surface area (Å²) in [5, 5.41) is 4.72. The third kappa shape index (κ3) is 4.41. The SMILES string of the molecule is Cc1cc(CSc2ncccc2C(=O)N2CCCC(C(C)N)C2)no1. The molecule has 0 aliphatic carbocycles. The number of aryl methyl sites for hydroxylation is 1. The molecule has 2 atom stereocenters. The van der Waals surface area contributed by atoms with Crippen LogP contribution in [0.15, 0.2) is 33.9 Å². The average molecular weight is 360 g/mol. The molecule has 2 aromatic rings. The Morgan fingerprint density at radius 2 is 2.40 bits per heavy atom. The van der Waals surface area contributed by atoms with Crippen molar-refractivity contribution in [3.63, 3.8) is 0 Å². The van der Waals surface area contributed by atoms with Crippen molar-refractivity contribution in [3.05, 3.63) is 41.4 Å². The fourth-order valence-corrected chi connectivity index (χ4v) is 3.96. The van der Waals surface area contributed by atoms with E-state index in [9.17, 15) is 4.79 Å². The van der Waals surface area contributed by atoms with Crippen LogP contribution in [0.2, 0.25) is 0 Å². The van der Waals surface area contributed by atoms with Gasteiger partial charge in [0.2, 0.25) is 0 Å². The number of hydrogen-bond donors (Lipinski definition) is 1. The summed E-state index contributed by atoms with van der Waals surface area (Å²) < 4.78 is 5.09. The Hall–Kier alpha value is -1.86. The average Bonchev–Trinajstić information content (AvgIpc) is 3.05. The molecule has 2 unspecified atom stereocenters. The summed E-state index contributed by atoms with van der Waals surface area (Å²) in [5.41, 5.74) is 7.54. The molecule has 0 radical (unpaired) electrons. The van der Waals surface area contributed by atoms with Gasteiger partial charge < -0.3 is 15.2 Å². The maximum absolute atomic E-state index is 13.0. The van der Waals surface area contributed by atoms with E-state index in [0.29, 0.717) is 17.2 Å². The molecule has 6 nitrogen and oxygen atoms in total. The molecule has 2 N–H and O–H groups in total. The molecule has 2 aromatic heterocycles. The van der Waals surface area contributed by atoms with Crippen LogP contribution in [0.4, 0.5) is 0 Å². The maximum atomic E-state index is 13.0. The Kier molecular flexibility index (Phi) is 5.75. The number of hydrogen-bond acceptors (Lipinski definition) is 6. The van der Waals surface area contributed by atoms with Gasteiger partial charge in [-0.2, -0.15) is 0 Å². The second-order valence-electron chi connectivity index (χ2n) is 6.59. The molecule has 1 aliphatic rings. The second-order valence-corrected chi connectivity index (χ2v) is 7.55. The van der Waals surface area contributed by atoms with E-state index in [1.807, 2.05) is 36.9 Å².